The van der Waals surface area contributed by atoms with E-state index in [-0.39, 0.29) is 18.8 Å². The smallest absolute Gasteiger partial charge is 0.310 e. The van der Waals surface area contributed by atoms with Crippen LogP contribution < -0.4 is 0 Å². The molecular weight excluding hydrogens is 369 g/mol. The lowest BCUT2D eigenvalue weighted by molar-refractivity contribution is -0.141. The first-order valence-electron chi connectivity index (χ1n) is 9.21. The number of ketones is 1. The molecule has 0 aliphatic heterocycles. The van der Waals surface area contributed by atoms with Crippen molar-refractivity contribution >= 4 is 22.7 Å². The van der Waals surface area contributed by atoms with Gasteiger partial charge in [-0.25, -0.2) is 4.39 Å². The van der Waals surface area contributed by atoms with Gasteiger partial charge in [-0.1, -0.05) is 60.7 Å². The van der Waals surface area contributed by atoms with Crippen LogP contribution in [0, 0.1) is 5.82 Å². The van der Waals surface area contributed by atoms with E-state index in [0.29, 0.717) is 16.8 Å². The fourth-order valence-electron chi connectivity index (χ4n) is 3.34. The third-order valence-electron chi connectivity index (χ3n) is 4.65. The van der Waals surface area contributed by atoms with Crippen LogP contribution in [-0.4, -0.2) is 23.3 Å². The van der Waals surface area contributed by atoms with Crippen LogP contribution in [0.25, 0.3) is 22.2 Å². The molecule has 1 aromatic heterocycles. The summed E-state index contributed by atoms with van der Waals surface area (Å²) < 4.78 is 18.4. The van der Waals surface area contributed by atoms with Crippen molar-refractivity contribution in [3.63, 3.8) is 0 Å². The average Bonchev–Trinajstić information content (AvgIpc) is 3.12. The Labute approximate surface area is 166 Å². The number of ether oxygens (including phenoxy) is 1. The summed E-state index contributed by atoms with van der Waals surface area (Å²) >= 11 is 0. The molecule has 1 heterocycles. The summed E-state index contributed by atoms with van der Waals surface area (Å²) in [4.78, 5) is 28.4. The molecule has 1 N–H and O–H groups in total. The molecule has 0 unspecified atom stereocenters. The molecule has 0 saturated heterocycles. The van der Waals surface area contributed by atoms with Crippen LogP contribution in [0.3, 0.4) is 0 Å². The van der Waals surface area contributed by atoms with Gasteiger partial charge in [0.05, 0.1) is 17.7 Å². The lowest BCUT2D eigenvalue weighted by atomic mass is 10.0. The number of halogens is 1. The average molecular weight is 387 g/mol. The second kappa shape index (κ2) is 8.10. The number of benzene rings is 3. The van der Waals surface area contributed by atoms with Gasteiger partial charge < -0.3 is 9.72 Å². The van der Waals surface area contributed by atoms with Gasteiger partial charge >= 0.3 is 5.97 Å². The number of Topliss-reactive ketones (excluding diaryl/α,β-unsaturated/α-hetero) is 1. The Hall–Kier alpha value is -3.73. The van der Waals surface area contributed by atoms with Crippen LogP contribution in [0.4, 0.5) is 4.39 Å². The minimum Gasteiger partial charge on any atom is -0.457 e. The highest BCUT2D eigenvalue weighted by Gasteiger charge is 2.20. The van der Waals surface area contributed by atoms with Crippen molar-refractivity contribution in [3.8, 4) is 11.3 Å². The van der Waals surface area contributed by atoms with Crippen LogP contribution >= 0.6 is 0 Å². The molecule has 0 aliphatic rings. The molecule has 5 heteroatoms. The zero-order valence-electron chi connectivity index (χ0n) is 15.5. The fourth-order valence-corrected chi connectivity index (χ4v) is 3.34. The van der Waals surface area contributed by atoms with Crippen LogP contribution in [0.1, 0.15) is 15.9 Å². The van der Waals surface area contributed by atoms with Gasteiger partial charge in [-0.05, 0) is 29.3 Å². The summed E-state index contributed by atoms with van der Waals surface area (Å²) in [5.41, 5.74) is 3.39. The van der Waals surface area contributed by atoms with Gasteiger partial charge in [-0.3, -0.25) is 9.59 Å². The van der Waals surface area contributed by atoms with Gasteiger partial charge in [0.2, 0.25) is 5.78 Å². The summed E-state index contributed by atoms with van der Waals surface area (Å²) in [7, 11) is 0. The minimum absolute atomic E-state index is 0.0928. The van der Waals surface area contributed by atoms with Gasteiger partial charge in [0.25, 0.3) is 0 Å². The number of hydrogen-bond acceptors (Lipinski definition) is 3. The van der Waals surface area contributed by atoms with E-state index >= 15 is 0 Å². The van der Waals surface area contributed by atoms with Gasteiger partial charge in [0.15, 0.2) is 6.61 Å². The number of esters is 1. The lowest BCUT2D eigenvalue weighted by Gasteiger charge is -2.07. The van der Waals surface area contributed by atoms with E-state index in [9.17, 15) is 14.0 Å². The van der Waals surface area contributed by atoms with E-state index in [0.717, 1.165) is 16.5 Å². The Morgan fingerprint density at radius 3 is 2.45 bits per heavy atom. The molecule has 0 saturated carbocycles. The third kappa shape index (κ3) is 4.09. The lowest BCUT2D eigenvalue weighted by Crippen LogP contribution is -2.16. The number of nitrogens with one attached hydrogen (secondary N) is 1. The van der Waals surface area contributed by atoms with Gasteiger partial charge in [0.1, 0.15) is 5.82 Å². The Kier molecular flexibility index (Phi) is 5.20. The Bertz CT molecular complexity index is 1180. The third-order valence-corrected chi connectivity index (χ3v) is 4.65. The molecule has 3 aromatic carbocycles. The maximum atomic E-state index is 13.3. The number of carbonyl (C=O) groups is 2. The quantitative estimate of drug-likeness (QED) is 0.376. The number of hydrogen-bond donors (Lipinski definition) is 1. The second-order valence-corrected chi connectivity index (χ2v) is 6.68. The molecule has 4 nitrogen and oxygen atoms in total. The number of carbonyl (C=O) groups excluding carboxylic acids is 2. The second-order valence-electron chi connectivity index (χ2n) is 6.68. The molecule has 0 atom stereocenters. The summed E-state index contributed by atoms with van der Waals surface area (Å²) in [5, 5.41) is 0.775. The van der Waals surface area contributed by atoms with Crippen molar-refractivity contribution in [2.24, 2.45) is 0 Å². The number of aromatic nitrogens is 1. The molecule has 0 radical (unpaired) electrons. The first kappa shape index (κ1) is 18.6. The largest absolute Gasteiger partial charge is 0.457 e. The molecule has 0 spiro atoms. The van der Waals surface area contributed by atoms with E-state index < -0.39 is 11.8 Å². The van der Waals surface area contributed by atoms with Crippen LogP contribution in [0.2, 0.25) is 0 Å². The zero-order chi connectivity index (χ0) is 20.2. The van der Waals surface area contributed by atoms with E-state index in [2.05, 4.69) is 4.98 Å². The van der Waals surface area contributed by atoms with Gasteiger partial charge in [-0.15, -0.1) is 0 Å². The fraction of sp³-hybridized carbons (Fsp3) is 0.0833. The highest BCUT2D eigenvalue weighted by molar-refractivity contribution is 6.14. The molecule has 4 aromatic rings. The van der Waals surface area contributed by atoms with E-state index in [1.807, 2.05) is 54.6 Å². The molecule has 0 fully saturated rings. The van der Waals surface area contributed by atoms with Crippen molar-refractivity contribution in [1.29, 1.82) is 0 Å². The van der Waals surface area contributed by atoms with Crippen molar-refractivity contribution < 1.29 is 18.7 Å². The molecule has 0 aliphatic carbocycles. The van der Waals surface area contributed by atoms with E-state index in [4.69, 9.17) is 4.74 Å². The molecule has 144 valence electrons. The first-order chi connectivity index (χ1) is 14.1. The molecule has 4 rings (SSSR count). The molecule has 0 amide bonds. The summed E-state index contributed by atoms with van der Waals surface area (Å²) in [6, 6.07) is 22.8. The minimum atomic E-state index is -0.579. The predicted molar refractivity (Wildman–Crippen MR) is 109 cm³/mol. The van der Waals surface area contributed by atoms with Gasteiger partial charge in [0, 0.05) is 10.9 Å². The number of H-pyrrole nitrogens is 1. The van der Waals surface area contributed by atoms with Gasteiger partial charge in [-0.2, -0.15) is 0 Å². The highest BCUT2D eigenvalue weighted by atomic mass is 19.1. The topological polar surface area (TPSA) is 59.2 Å². The van der Waals surface area contributed by atoms with Crippen LogP contribution in [0.15, 0.2) is 78.9 Å². The monoisotopic (exact) mass is 387 g/mol. The molecule has 29 heavy (non-hydrogen) atoms. The Balaban J connectivity index is 1.56. The van der Waals surface area contributed by atoms with Crippen molar-refractivity contribution in [1.82, 2.24) is 4.98 Å². The van der Waals surface area contributed by atoms with E-state index in [1.165, 1.54) is 18.2 Å². The standard InChI is InChI=1S/C24H18FNO3/c25-18-10-6-7-16(13-18)14-22(28)29-15-21(27)23-19-11-4-5-12-20(19)26-24(23)17-8-2-1-3-9-17/h1-13,26H,14-15H2. The van der Waals surface area contributed by atoms with E-state index in [1.54, 1.807) is 6.07 Å². The molecular formula is C24H18FNO3. The normalized spacial score (nSPS) is 10.8. The maximum Gasteiger partial charge on any atom is 0.310 e. The predicted octanol–water partition coefficient (Wildman–Crippen LogP) is 4.94. The maximum absolute atomic E-state index is 13.3. The van der Waals surface area contributed by atoms with Crippen molar-refractivity contribution in [2.75, 3.05) is 6.61 Å². The summed E-state index contributed by atoms with van der Waals surface area (Å²) in [6.07, 6.45) is -0.0928. The van der Waals surface area contributed by atoms with Crippen molar-refractivity contribution in [2.45, 2.75) is 6.42 Å². The van der Waals surface area contributed by atoms with Crippen LogP contribution in [-0.2, 0) is 16.0 Å². The Morgan fingerprint density at radius 1 is 0.897 bits per heavy atom. The van der Waals surface area contributed by atoms with Crippen LogP contribution in [0.5, 0.6) is 0 Å². The summed E-state index contributed by atoms with van der Waals surface area (Å²) in [5.74, 6) is -1.29. The molecule has 0 bridgehead atoms. The zero-order valence-corrected chi connectivity index (χ0v) is 15.5. The Morgan fingerprint density at radius 2 is 1.66 bits per heavy atom. The number of rotatable bonds is 6. The SMILES string of the molecule is O=C(Cc1cccc(F)c1)OCC(=O)c1c(-c2ccccc2)[nH]c2ccccc12. The first-order valence-corrected chi connectivity index (χ1v) is 9.21. The van der Waals surface area contributed by atoms with Crippen molar-refractivity contribution in [3.05, 3.63) is 95.8 Å². The number of para-hydroxylation sites is 1. The highest BCUT2D eigenvalue weighted by Crippen LogP contribution is 2.30. The number of fused-ring (bicyclic) bond motifs is 1. The number of aromatic amines is 1. The summed E-state index contributed by atoms with van der Waals surface area (Å²) in [6.45, 7) is -0.379.